The molecule has 2 heterocycles. The summed E-state index contributed by atoms with van der Waals surface area (Å²) in [5.74, 6) is -0.713. The lowest BCUT2D eigenvalue weighted by molar-refractivity contribution is -0.142. The van der Waals surface area contributed by atoms with E-state index in [0.717, 1.165) is 16.7 Å². The fraction of sp³-hybridized carbons (Fsp3) is 0.444. The van der Waals surface area contributed by atoms with E-state index in [1.807, 2.05) is 37.3 Å². The highest BCUT2D eigenvalue weighted by atomic mass is 16.5. The summed E-state index contributed by atoms with van der Waals surface area (Å²) >= 11 is 0. The molecule has 0 aliphatic heterocycles. The van der Waals surface area contributed by atoms with E-state index >= 15 is 0 Å². The number of ether oxygens (including phenoxy) is 1. The fourth-order valence-corrected chi connectivity index (χ4v) is 5.57. The van der Waals surface area contributed by atoms with E-state index in [9.17, 15) is 14.7 Å². The van der Waals surface area contributed by atoms with Crippen molar-refractivity contribution in [2.24, 2.45) is 11.8 Å². The van der Waals surface area contributed by atoms with Gasteiger partial charge in [0.1, 0.15) is 5.69 Å². The van der Waals surface area contributed by atoms with Crippen LogP contribution < -0.4 is 10.1 Å². The van der Waals surface area contributed by atoms with Crippen LogP contribution in [0.4, 0.5) is 0 Å². The van der Waals surface area contributed by atoms with Crippen LogP contribution in [0.15, 0.2) is 36.5 Å². The third-order valence-electron chi connectivity index (χ3n) is 7.41. The number of carboxylic acids is 1. The molecule has 7 nitrogen and oxygen atoms in total. The number of rotatable bonds is 6. The molecule has 2 aromatic heterocycles. The summed E-state index contributed by atoms with van der Waals surface area (Å²) in [5, 5.41) is 12.8. The average Bonchev–Trinajstić information content (AvgIpc) is 3.37. The van der Waals surface area contributed by atoms with E-state index in [-0.39, 0.29) is 5.91 Å². The van der Waals surface area contributed by atoms with Gasteiger partial charge in [-0.15, -0.1) is 0 Å². The molecule has 2 atom stereocenters. The number of aryl methyl sites for hydroxylation is 2. The Kier molecular flexibility index (Phi) is 6.02. The van der Waals surface area contributed by atoms with Gasteiger partial charge >= 0.3 is 5.97 Å². The fourth-order valence-electron chi connectivity index (χ4n) is 5.57. The van der Waals surface area contributed by atoms with E-state index in [2.05, 4.69) is 10.3 Å². The number of pyridine rings is 1. The Hall–Kier alpha value is -3.35. The molecule has 0 spiro atoms. The summed E-state index contributed by atoms with van der Waals surface area (Å²) in [7, 11) is 0. The number of nitrogens with one attached hydrogen (secondary N) is 1. The number of carboxylic acid groups (broad SMARTS) is 1. The molecule has 1 aromatic carbocycles. The van der Waals surface area contributed by atoms with Gasteiger partial charge in [-0.25, -0.2) is 4.98 Å². The number of nitrogens with zero attached hydrogens (tertiary/aromatic N) is 2. The number of carbonyl (C=O) groups excluding carboxylic acids is 1. The minimum atomic E-state index is -0.908. The zero-order valence-electron chi connectivity index (χ0n) is 19.7. The molecule has 1 saturated carbocycles. The maximum Gasteiger partial charge on any atom is 0.309 e. The van der Waals surface area contributed by atoms with Crippen LogP contribution in [0.1, 0.15) is 71.0 Å². The Balaban J connectivity index is 1.42. The number of hydrogen-bond acceptors (Lipinski definition) is 4. The van der Waals surface area contributed by atoms with E-state index in [4.69, 9.17) is 4.74 Å². The SMILES string of the molecule is Cc1cccc2c1C[C@@H](C(=O)O)[C@@H]2NC(=O)c1c(C)nc2c(OCC3CCCCC3)cccn12. The monoisotopic (exact) mass is 461 g/mol. The first-order valence-electron chi connectivity index (χ1n) is 12.2. The highest BCUT2D eigenvalue weighted by molar-refractivity contribution is 5.95. The highest BCUT2D eigenvalue weighted by Crippen LogP contribution is 2.38. The third-order valence-corrected chi connectivity index (χ3v) is 7.41. The quantitative estimate of drug-likeness (QED) is 0.558. The second-order valence-corrected chi connectivity index (χ2v) is 9.67. The molecule has 2 aliphatic rings. The van der Waals surface area contributed by atoms with Crippen LogP contribution in [-0.2, 0) is 11.2 Å². The second-order valence-electron chi connectivity index (χ2n) is 9.67. The molecule has 0 bridgehead atoms. The standard InChI is InChI=1S/C27H31N3O4/c1-16-8-6-11-19-20(16)14-21(27(32)33)23(19)29-26(31)24-17(2)28-25-22(12-7-13-30(24)25)34-15-18-9-4-3-5-10-18/h6-8,11-13,18,21,23H,3-5,9-10,14-15H2,1-2H3,(H,29,31)(H,32,33)/t21-,23-/m1/s1. The zero-order valence-corrected chi connectivity index (χ0v) is 19.7. The van der Waals surface area contributed by atoms with Gasteiger partial charge < -0.3 is 15.2 Å². The number of benzene rings is 1. The summed E-state index contributed by atoms with van der Waals surface area (Å²) in [6.07, 6.45) is 8.41. The first kappa shape index (κ1) is 22.4. The first-order valence-corrected chi connectivity index (χ1v) is 12.2. The highest BCUT2D eigenvalue weighted by Gasteiger charge is 2.39. The van der Waals surface area contributed by atoms with Crippen LogP contribution in [0.5, 0.6) is 5.75 Å². The molecule has 34 heavy (non-hydrogen) atoms. The molecule has 0 unspecified atom stereocenters. The number of carbonyl (C=O) groups is 2. The predicted molar refractivity (Wildman–Crippen MR) is 128 cm³/mol. The van der Waals surface area contributed by atoms with Gasteiger partial charge in [0, 0.05) is 6.20 Å². The van der Waals surface area contributed by atoms with E-state index in [1.165, 1.54) is 32.1 Å². The lowest BCUT2D eigenvalue weighted by Crippen LogP contribution is -2.35. The van der Waals surface area contributed by atoms with Gasteiger partial charge in [-0.1, -0.05) is 37.5 Å². The molecular formula is C27H31N3O4. The summed E-state index contributed by atoms with van der Waals surface area (Å²) < 4.78 is 7.91. The maximum absolute atomic E-state index is 13.5. The van der Waals surface area contributed by atoms with Crippen molar-refractivity contribution >= 4 is 17.5 Å². The minimum absolute atomic E-state index is 0.333. The number of amides is 1. The van der Waals surface area contributed by atoms with Crippen molar-refractivity contribution in [3.05, 3.63) is 64.6 Å². The van der Waals surface area contributed by atoms with Crippen LogP contribution in [0.3, 0.4) is 0 Å². The van der Waals surface area contributed by atoms with Crippen molar-refractivity contribution in [3.8, 4) is 5.75 Å². The van der Waals surface area contributed by atoms with Crippen molar-refractivity contribution in [2.45, 2.75) is 58.4 Å². The second kappa shape index (κ2) is 9.12. The molecule has 178 valence electrons. The summed E-state index contributed by atoms with van der Waals surface area (Å²) in [4.78, 5) is 30.1. The number of aliphatic carboxylic acids is 1. The number of fused-ring (bicyclic) bond motifs is 2. The van der Waals surface area contributed by atoms with Gasteiger partial charge in [-0.3, -0.25) is 14.0 Å². The summed E-state index contributed by atoms with van der Waals surface area (Å²) in [6.45, 7) is 4.44. The lowest BCUT2D eigenvalue weighted by atomic mass is 9.90. The molecule has 5 rings (SSSR count). The largest absolute Gasteiger partial charge is 0.489 e. The lowest BCUT2D eigenvalue weighted by Gasteiger charge is -2.21. The first-order chi connectivity index (χ1) is 16.4. The van der Waals surface area contributed by atoms with Gasteiger partial charge in [0.25, 0.3) is 5.91 Å². The van der Waals surface area contributed by atoms with E-state index < -0.39 is 17.9 Å². The molecule has 0 radical (unpaired) electrons. The van der Waals surface area contributed by atoms with Gasteiger partial charge in [0.15, 0.2) is 11.4 Å². The molecule has 1 amide bonds. The Bertz CT molecular complexity index is 1240. The topological polar surface area (TPSA) is 92.9 Å². The zero-order chi connectivity index (χ0) is 23.8. The van der Waals surface area contributed by atoms with Crippen molar-refractivity contribution in [1.82, 2.24) is 14.7 Å². The van der Waals surface area contributed by atoms with Gasteiger partial charge in [-0.05, 0) is 67.9 Å². The molecule has 0 saturated heterocycles. The van der Waals surface area contributed by atoms with Crippen molar-refractivity contribution in [1.29, 1.82) is 0 Å². The summed E-state index contributed by atoms with van der Waals surface area (Å²) in [6, 6.07) is 8.96. The third kappa shape index (κ3) is 4.04. The van der Waals surface area contributed by atoms with Gasteiger partial charge in [-0.2, -0.15) is 0 Å². The van der Waals surface area contributed by atoms with Crippen LogP contribution in [-0.4, -0.2) is 33.0 Å². The average molecular weight is 462 g/mol. The summed E-state index contributed by atoms with van der Waals surface area (Å²) in [5.41, 5.74) is 4.53. The van der Waals surface area contributed by atoms with E-state index in [1.54, 1.807) is 17.5 Å². The van der Waals surface area contributed by atoms with Crippen molar-refractivity contribution in [3.63, 3.8) is 0 Å². The number of aromatic nitrogens is 2. The van der Waals surface area contributed by atoms with Crippen LogP contribution in [0.25, 0.3) is 5.65 Å². The Labute approximate surface area is 199 Å². The molecule has 3 aromatic rings. The van der Waals surface area contributed by atoms with Crippen LogP contribution >= 0.6 is 0 Å². The van der Waals surface area contributed by atoms with Gasteiger partial charge in [0.05, 0.1) is 24.3 Å². The minimum Gasteiger partial charge on any atom is -0.489 e. The number of imidazole rings is 1. The Morgan fingerprint density at radius 2 is 1.94 bits per heavy atom. The Morgan fingerprint density at radius 1 is 1.15 bits per heavy atom. The Morgan fingerprint density at radius 3 is 2.71 bits per heavy atom. The predicted octanol–water partition coefficient (Wildman–Crippen LogP) is 4.64. The smallest absolute Gasteiger partial charge is 0.309 e. The van der Waals surface area contributed by atoms with Crippen LogP contribution in [0, 0.1) is 25.7 Å². The van der Waals surface area contributed by atoms with Crippen molar-refractivity contribution < 1.29 is 19.4 Å². The van der Waals surface area contributed by atoms with E-state index in [0.29, 0.717) is 41.7 Å². The van der Waals surface area contributed by atoms with Gasteiger partial charge in [0.2, 0.25) is 0 Å². The molecule has 7 heteroatoms. The molecule has 2 N–H and O–H groups in total. The number of hydrogen-bond donors (Lipinski definition) is 2. The normalized spacial score (nSPS) is 20.3. The van der Waals surface area contributed by atoms with Crippen molar-refractivity contribution in [2.75, 3.05) is 6.61 Å². The molecule has 1 fully saturated rings. The molecule has 2 aliphatic carbocycles. The van der Waals surface area contributed by atoms with Crippen LogP contribution in [0.2, 0.25) is 0 Å². The maximum atomic E-state index is 13.5. The molecular weight excluding hydrogens is 430 g/mol.